The van der Waals surface area contributed by atoms with Gasteiger partial charge in [-0.3, -0.25) is 0 Å². The Bertz CT molecular complexity index is 302. The SMILES string of the molecule is CCCCCCCC[P+](C)(CCCCCCCC)CCCCCCCC.O=C([O-])O. The van der Waals surface area contributed by atoms with Crippen LogP contribution in [0.1, 0.15) is 136 Å². The molecule has 3 nitrogen and oxygen atoms in total. The van der Waals surface area contributed by atoms with Gasteiger partial charge in [0.05, 0.1) is 18.5 Å². The van der Waals surface area contributed by atoms with E-state index in [1.807, 2.05) is 0 Å². The summed E-state index contributed by atoms with van der Waals surface area (Å²) in [5.41, 5.74) is 0. The second kappa shape index (κ2) is 25.0. The summed E-state index contributed by atoms with van der Waals surface area (Å²) in [7, 11) is -0.636. The largest absolute Gasteiger partial charge is 0.565 e. The molecule has 0 aliphatic carbocycles. The van der Waals surface area contributed by atoms with Crippen LogP contribution in [0.15, 0.2) is 0 Å². The quantitative estimate of drug-likeness (QED) is 0.142. The first-order valence-electron chi connectivity index (χ1n) is 13.1. The molecule has 1 N–H and O–H groups in total. The summed E-state index contributed by atoms with van der Waals surface area (Å²) in [5, 5.41) is 15.3. The van der Waals surface area contributed by atoms with Crippen LogP contribution in [0.4, 0.5) is 4.79 Å². The third kappa shape index (κ3) is 27.7. The fourth-order valence-electron chi connectivity index (χ4n) is 4.16. The zero-order valence-electron chi connectivity index (χ0n) is 21.1. The topological polar surface area (TPSA) is 60.4 Å². The van der Waals surface area contributed by atoms with Crippen molar-refractivity contribution in [1.29, 1.82) is 0 Å². The first-order chi connectivity index (χ1) is 14.4. The molecular weight excluding hydrogens is 391 g/mol. The first kappa shape index (κ1) is 31.9. The van der Waals surface area contributed by atoms with Crippen LogP contribution in [-0.4, -0.2) is 36.4 Å². The highest BCUT2D eigenvalue weighted by molar-refractivity contribution is 7.75. The number of hydrogen-bond acceptors (Lipinski definition) is 2. The molecule has 0 rings (SSSR count). The monoisotopic (exact) mass is 446 g/mol. The number of hydrogen-bond donors (Lipinski definition) is 1. The van der Waals surface area contributed by atoms with Crippen molar-refractivity contribution in [2.75, 3.05) is 25.2 Å². The van der Waals surface area contributed by atoms with E-state index in [1.54, 1.807) is 18.5 Å². The molecule has 182 valence electrons. The Morgan fingerprint density at radius 3 is 1.00 bits per heavy atom. The highest BCUT2D eigenvalue weighted by Crippen LogP contribution is 2.57. The minimum Gasteiger partial charge on any atom is -0.565 e. The van der Waals surface area contributed by atoms with Gasteiger partial charge in [-0.05, 0) is 38.5 Å². The maximum absolute atomic E-state index is 8.44. The van der Waals surface area contributed by atoms with Gasteiger partial charge in [-0.15, -0.1) is 0 Å². The third-order valence-electron chi connectivity index (χ3n) is 6.15. The van der Waals surface area contributed by atoms with Gasteiger partial charge < -0.3 is 15.0 Å². The minimum atomic E-state index is -2.08. The highest BCUT2D eigenvalue weighted by Gasteiger charge is 2.29. The van der Waals surface area contributed by atoms with Crippen molar-refractivity contribution >= 4 is 13.4 Å². The summed E-state index contributed by atoms with van der Waals surface area (Å²) in [5.74, 6) is 0. The Morgan fingerprint density at radius 2 is 0.767 bits per heavy atom. The first-order valence-corrected chi connectivity index (χ1v) is 15.9. The molecular formula is C26H55O3P. The van der Waals surface area contributed by atoms with Crippen molar-refractivity contribution < 1.29 is 15.0 Å². The molecule has 0 amide bonds. The van der Waals surface area contributed by atoms with E-state index in [0.29, 0.717) is 0 Å². The van der Waals surface area contributed by atoms with E-state index >= 15 is 0 Å². The van der Waals surface area contributed by atoms with E-state index < -0.39 is 13.4 Å². The van der Waals surface area contributed by atoms with Crippen molar-refractivity contribution in [2.45, 2.75) is 136 Å². The summed E-state index contributed by atoms with van der Waals surface area (Å²) in [4.78, 5) is 8.44. The van der Waals surface area contributed by atoms with E-state index in [1.165, 1.54) is 116 Å². The molecule has 0 aromatic carbocycles. The van der Waals surface area contributed by atoms with Gasteiger partial charge >= 0.3 is 0 Å². The Kier molecular flexibility index (Phi) is 26.5. The number of unbranched alkanes of at least 4 members (excludes halogenated alkanes) is 15. The van der Waals surface area contributed by atoms with Gasteiger partial charge in [0.1, 0.15) is 0 Å². The fourth-order valence-corrected chi connectivity index (χ4v) is 7.79. The van der Waals surface area contributed by atoms with Crippen LogP contribution in [0.25, 0.3) is 0 Å². The summed E-state index contributed by atoms with van der Waals surface area (Å²) in [6, 6.07) is 0. The molecule has 0 aliphatic rings. The van der Waals surface area contributed by atoms with Crippen molar-refractivity contribution in [2.24, 2.45) is 0 Å². The lowest BCUT2D eigenvalue weighted by atomic mass is 10.1. The van der Waals surface area contributed by atoms with E-state index in [-0.39, 0.29) is 0 Å². The van der Waals surface area contributed by atoms with Crippen LogP contribution in [-0.2, 0) is 0 Å². The molecule has 0 aromatic heterocycles. The highest BCUT2D eigenvalue weighted by atomic mass is 31.2. The lowest BCUT2D eigenvalue weighted by Crippen LogP contribution is -2.17. The standard InChI is InChI=1S/C25H54P.CH2O3/c1-5-8-11-14-17-20-23-26(4,24-21-18-15-12-9-6-2)25-22-19-16-13-10-7-3;2-1(3)4/h5-25H2,1-4H3;(H2,2,3,4)/q+1;/p-1. The van der Waals surface area contributed by atoms with Gasteiger partial charge in [0.2, 0.25) is 6.16 Å². The van der Waals surface area contributed by atoms with Crippen LogP contribution < -0.4 is 5.11 Å². The Hall–Kier alpha value is -0.300. The number of carbonyl (C=O) groups is 1. The molecule has 0 heterocycles. The maximum Gasteiger partial charge on any atom is 0.249 e. The second-order valence-electron chi connectivity index (χ2n) is 9.36. The predicted octanol–water partition coefficient (Wildman–Crippen LogP) is 8.60. The van der Waals surface area contributed by atoms with Gasteiger partial charge in [0.25, 0.3) is 0 Å². The number of rotatable bonds is 21. The Labute approximate surface area is 190 Å². The van der Waals surface area contributed by atoms with Crippen LogP contribution >= 0.6 is 7.26 Å². The van der Waals surface area contributed by atoms with Gasteiger partial charge in [0, 0.05) is 13.9 Å². The molecule has 0 radical (unpaired) electrons. The third-order valence-corrected chi connectivity index (χ3v) is 10.3. The van der Waals surface area contributed by atoms with E-state index in [9.17, 15) is 0 Å². The summed E-state index contributed by atoms with van der Waals surface area (Å²) in [6.45, 7) is 9.70. The van der Waals surface area contributed by atoms with Gasteiger partial charge in [-0.2, -0.15) is 0 Å². The molecule has 30 heavy (non-hydrogen) atoms. The summed E-state index contributed by atoms with van der Waals surface area (Å²) >= 11 is 0. The van der Waals surface area contributed by atoms with Gasteiger partial charge in [-0.25, -0.2) is 0 Å². The Morgan fingerprint density at radius 1 is 0.567 bits per heavy atom. The van der Waals surface area contributed by atoms with E-state index in [4.69, 9.17) is 15.0 Å². The normalized spacial score (nSPS) is 11.2. The fraction of sp³-hybridized carbons (Fsp3) is 0.962. The van der Waals surface area contributed by atoms with Crippen molar-refractivity contribution in [3.63, 3.8) is 0 Å². The molecule has 0 bridgehead atoms. The molecule has 0 spiro atoms. The molecule has 0 unspecified atom stereocenters. The molecule has 0 saturated heterocycles. The Balaban J connectivity index is 0. The zero-order chi connectivity index (χ0) is 22.9. The molecule has 0 fully saturated rings. The number of carboxylic acid groups (broad SMARTS) is 2. The minimum absolute atomic E-state index is 0.636. The molecule has 4 heteroatoms. The second-order valence-corrected chi connectivity index (χ2v) is 13.9. The zero-order valence-corrected chi connectivity index (χ0v) is 22.0. The average molecular weight is 447 g/mol. The predicted molar refractivity (Wildman–Crippen MR) is 136 cm³/mol. The van der Waals surface area contributed by atoms with Crippen molar-refractivity contribution in [3.05, 3.63) is 0 Å². The van der Waals surface area contributed by atoms with Crippen molar-refractivity contribution in [3.8, 4) is 0 Å². The van der Waals surface area contributed by atoms with Gasteiger partial charge in [0.15, 0.2) is 0 Å². The van der Waals surface area contributed by atoms with Crippen LogP contribution in [0.5, 0.6) is 0 Å². The smallest absolute Gasteiger partial charge is 0.249 e. The lowest BCUT2D eigenvalue weighted by Gasteiger charge is -2.24. The van der Waals surface area contributed by atoms with E-state index in [2.05, 4.69) is 27.4 Å². The summed E-state index contributed by atoms with van der Waals surface area (Å²) in [6.07, 6.45) is 29.2. The molecule has 0 aliphatic heterocycles. The van der Waals surface area contributed by atoms with E-state index in [0.717, 1.165) is 0 Å². The molecule has 0 saturated carbocycles. The van der Waals surface area contributed by atoms with Gasteiger partial charge in [-0.1, -0.05) is 97.8 Å². The van der Waals surface area contributed by atoms with Crippen molar-refractivity contribution in [1.82, 2.24) is 0 Å². The summed E-state index contributed by atoms with van der Waals surface area (Å²) < 4.78 is 0. The maximum atomic E-state index is 8.44. The van der Waals surface area contributed by atoms with Crippen LogP contribution in [0.3, 0.4) is 0 Å². The van der Waals surface area contributed by atoms with Crippen LogP contribution in [0, 0.1) is 0 Å². The van der Waals surface area contributed by atoms with Crippen LogP contribution in [0.2, 0.25) is 0 Å². The average Bonchev–Trinajstić information content (AvgIpc) is 2.70. The molecule has 0 atom stereocenters. The molecule has 0 aromatic rings. The lowest BCUT2D eigenvalue weighted by molar-refractivity contribution is -0.275.